The molecule has 0 saturated carbocycles. The van der Waals surface area contributed by atoms with E-state index >= 15 is 0 Å². The fourth-order valence-electron chi connectivity index (χ4n) is 2.99. The van der Waals surface area contributed by atoms with E-state index in [4.69, 9.17) is 23.2 Å². The molecule has 34 heavy (non-hydrogen) atoms. The summed E-state index contributed by atoms with van der Waals surface area (Å²) in [6.07, 6.45) is -1.32. The second kappa shape index (κ2) is 10.0. The summed E-state index contributed by atoms with van der Waals surface area (Å²) >= 11 is 13.0. The van der Waals surface area contributed by atoms with Crippen LogP contribution in [0.2, 0.25) is 10.0 Å². The van der Waals surface area contributed by atoms with E-state index in [0.717, 1.165) is 35.5 Å². The Morgan fingerprint density at radius 2 is 1.71 bits per heavy atom. The molecule has 1 N–H and O–H groups in total. The highest BCUT2D eigenvalue weighted by atomic mass is 35.5. The maximum absolute atomic E-state index is 13.0. The Morgan fingerprint density at radius 1 is 1.00 bits per heavy atom. The zero-order valence-corrected chi connectivity index (χ0v) is 19.4. The van der Waals surface area contributed by atoms with Crippen LogP contribution in [0.1, 0.15) is 5.56 Å². The highest BCUT2D eigenvalue weighted by Crippen LogP contribution is 2.34. The molecule has 4 rings (SSSR count). The molecule has 0 atom stereocenters. The van der Waals surface area contributed by atoms with E-state index in [1.807, 2.05) is 0 Å². The fourth-order valence-corrected chi connectivity index (χ4v) is 4.03. The number of rotatable bonds is 6. The number of aromatic nitrogens is 4. The molecule has 0 aliphatic carbocycles. The van der Waals surface area contributed by atoms with Gasteiger partial charge in [-0.25, -0.2) is 0 Å². The molecule has 174 valence electrons. The van der Waals surface area contributed by atoms with Crippen molar-refractivity contribution in [3.8, 4) is 17.1 Å². The van der Waals surface area contributed by atoms with Crippen LogP contribution >= 0.6 is 35.0 Å². The number of hydrogen-bond acceptors (Lipinski definition) is 5. The molecular weight excluding hydrogens is 510 g/mol. The summed E-state index contributed by atoms with van der Waals surface area (Å²) in [5.74, 6) is -0.176. The third-order valence-electron chi connectivity index (χ3n) is 4.56. The molecule has 0 radical (unpaired) electrons. The van der Waals surface area contributed by atoms with Crippen LogP contribution in [-0.2, 0) is 11.0 Å². The monoisotopic (exact) mass is 523 g/mol. The molecule has 0 spiro atoms. The van der Waals surface area contributed by atoms with Gasteiger partial charge in [0.2, 0.25) is 5.91 Å². The first-order valence-corrected chi connectivity index (χ1v) is 11.4. The summed E-state index contributed by atoms with van der Waals surface area (Å²) in [5.41, 5.74) is 0.428. The Kier molecular flexibility index (Phi) is 7.11. The number of carbonyl (C=O) groups is 1. The number of anilines is 1. The number of amides is 1. The number of nitrogens with zero attached hydrogens (tertiary/aromatic N) is 4. The van der Waals surface area contributed by atoms with Crippen molar-refractivity contribution in [3.05, 3.63) is 82.6 Å². The lowest BCUT2D eigenvalue weighted by molar-refractivity contribution is -0.137. The lowest BCUT2D eigenvalue weighted by Crippen LogP contribution is -2.16. The van der Waals surface area contributed by atoms with Gasteiger partial charge in [0, 0.05) is 28.7 Å². The van der Waals surface area contributed by atoms with Gasteiger partial charge in [-0.3, -0.25) is 14.3 Å². The van der Waals surface area contributed by atoms with Crippen molar-refractivity contribution in [2.24, 2.45) is 0 Å². The van der Waals surface area contributed by atoms with Crippen LogP contribution in [0.25, 0.3) is 17.1 Å². The van der Waals surface area contributed by atoms with Crippen LogP contribution in [0.3, 0.4) is 0 Å². The van der Waals surface area contributed by atoms with Crippen LogP contribution in [-0.4, -0.2) is 31.4 Å². The van der Waals surface area contributed by atoms with Crippen LogP contribution in [0, 0.1) is 0 Å². The second-order valence-corrected chi connectivity index (χ2v) is 8.67. The molecule has 0 aliphatic rings. The van der Waals surface area contributed by atoms with E-state index in [1.54, 1.807) is 53.4 Å². The predicted molar refractivity (Wildman–Crippen MR) is 125 cm³/mol. The van der Waals surface area contributed by atoms with Crippen LogP contribution < -0.4 is 5.32 Å². The van der Waals surface area contributed by atoms with Crippen LogP contribution in [0.4, 0.5) is 18.9 Å². The first kappa shape index (κ1) is 24.1. The van der Waals surface area contributed by atoms with Crippen LogP contribution in [0.5, 0.6) is 0 Å². The number of thioether (sulfide) groups is 1. The number of nitrogens with one attached hydrogen (secondary N) is 1. The zero-order chi connectivity index (χ0) is 24.3. The fraction of sp³-hybridized carbons (Fsp3) is 0.0909. The maximum atomic E-state index is 13.0. The molecule has 0 fully saturated rings. The molecule has 2 aromatic heterocycles. The van der Waals surface area contributed by atoms with E-state index in [1.165, 1.54) is 0 Å². The summed E-state index contributed by atoms with van der Waals surface area (Å²) in [6.45, 7) is 0. The summed E-state index contributed by atoms with van der Waals surface area (Å²) < 4.78 is 40.7. The maximum Gasteiger partial charge on any atom is 0.416 e. The number of alkyl halides is 3. The van der Waals surface area contributed by atoms with Crippen molar-refractivity contribution in [1.82, 2.24) is 19.7 Å². The standard InChI is InChI=1S/C22H14Cl2F3N5OS/c23-15-2-4-16(5-3-15)32-20(13-7-9-28-10-8-13)30-31-21(32)34-12-19(33)29-18-11-14(22(25,26)27)1-6-17(18)24/h1-11H,12H2,(H,29,33). The highest BCUT2D eigenvalue weighted by Gasteiger charge is 2.31. The average Bonchev–Trinajstić information content (AvgIpc) is 3.23. The Labute approximate surface area is 206 Å². The number of halogens is 5. The van der Waals surface area contributed by atoms with E-state index < -0.39 is 17.6 Å². The Hall–Kier alpha value is -3.08. The van der Waals surface area contributed by atoms with Gasteiger partial charge < -0.3 is 5.32 Å². The van der Waals surface area contributed by atoms with E-state index in [-0.39, 0.29) is 16.5 Å². The molecule has 6 nitrogen and oxygen atoms in total. The van der Waals surface area contributed by atoms with Crippen molar-refractivity contribution < 1.29 is 18.0 Å². The van der Waals surface area contributed by atoms with E-state index in [9.17, 15) is 18.0 Å². The van der Waals surface area contributed by atoms with Crippen molar-refractivity contribution in [2.75, 3.05) is 11.1 Å². The summed E-state index contributed by atoms with van der Waals surface area (Å²) in [4.78, 5) is 16.5. The molecule has 2 aromatic carbocycles. The summed E-state index contributed by atoms with van der Waals surface area (Å²) in [5, 5.41) is 11.8. The summed E-state index contributed by atoms with van der Waals surface area (Å²) in [6, 6.07) is 13.3. The van der Waals surface area contributed by atoms with Crippen molar-refractivity contribution >= 4 is 46.6 Å². The normalized spacial score (nSPS) is 11.4. The molecule has 0 aliphatic heterocycles. The zero-order valence-electron chi connectivity index (χ0n) is 17.1. The quantitative estimate of drug-likeness (QED) is 0.296. The van der Waals surface area contributed by atoms with Gasteiger partial charge in [0.25, 0.3) is 0 Å². The highest BCUT2D eigenvalue weighted by molar-refractivity contribution is 7.99. The minimum absolute atomic E-state index is 0.00402. The van der Waals surface area contributed by atoms with E-state index in [0.29, 0.717) is 21.7 Å². The molecule has 0 saturated heterocycles. The average molecular weight is 524 g/mol. The van der Waals surface area contributed by atoms with E-state index in [2.05, 4.69) is 20.5 Å². The van der Waals surface area contributed by atoms with Gasteiger partial charge in [0.1, 0.15) is 0 Å². The van der Waals surface area contributed by atoms with Gasteiger partial charge in [0.15, 0.2) is 11.0 Å². The van der Waals surface area contributed by atoms with Crippen molar-refractivity contribution in [2.45, 2.75) is 11.3 Å². The van der Waals surface area contributed by atoms with Gasteiger partial charge in [-0.1, -0.05) is 35.0 Å². The van der Waals surface area contributed by atoms with Crippen LogP contribution in [0.15, 0.2) is 72.1 Å². The lowest BCUT2D eigenvalue weighted by atomic mass is 10.2. The first-order chi connectivity index (χ1) is 16.2. The first-order valence-electron chi connectivity index (χ1n) is 9.63. The summed E-state index contributed by atoms with van der Waals surface area (Å²) in [7, 11) is 0. The Morgan fingerprint density at radius 3 is 2.38 bits per heavy atom. The van der Waals surface area contributed by atoms with Gasteiger partial charge in [-0.15, -0.1) is 10.2 Å². The lowest BCUT2D eigenvalue weighted by Gasteiger charge is -2.12. The third kappa shape index (κ3) is 5.52. The minimum Gasteiger partial charge on any atom is -0.324 e. The Balaban J connectivity index is 1.57. The van der Waals surface area contributed by atoms with Crippen molar-refractivity contribution in [3.63, 3.8) is 0 Å². The van der Waals surface area contributed by atoms with Gasteiger partial charge in [-0.05, 0) is 54.6 Å². The van der Waals surface area contributed by atoms with Crippen molar-refractivity contribution in [1.29, 1.82) is 0 Å². The topological polar surface area (TPSA) is 72.7 Å². The molecular formula is C22H14Cl2F3N5OS. The SMILES string of the molecule is O=C(CSc1nnc(-c2ccncc2)n1-c1ccc(Cl)cc1)Nc1cc(C(F)(F)F)ccc1Cl. The molecule has 4 aromatic rings. The molecule has 0 bridgehead atoms. The molecule has 0 unspecified atom stereocenters. The molecule has 12 heteroatoms. The third-order valence-corrected chi connectivity index (χ3v) is 6.07. The molecule has 2 heterocycles. The number of carbonyl (C=O) groups excluding carboxylic acids is 1. The predicted octanol–water partition coefficient (Wildman–Crippen LogP) is 6.39. The minimum atomic E-state index is -4.56. The van der Waals surface area contributed by atoms with Gasteiger partial charge in [0.05, 0.1) is 22.0 Å². The second-order valence-electron chi connectivity index (χ2n) is 6.88. The smallest absolute Gasteiger partial charge is 0.324 e. The Bertz CT molecular complexity index is 1310. The van der Waals surface area contributed by atoms with Gasteiger partial charge in [-0.2, -0.15) is 13.2 Å². The number of hydrogen-bond donors (Lipinski definition) is 1. The van der Waals surface area contributed by atoms with Gasteiger partial charge >= 0.3 is 6.18 Å². The number of pyridine rings is 1. The largest absolute Gasteiger partial charge is 0.416 e. The number of benzene rings is 2. The molecule has 1 amide bonds.